The zero-order chi connectivity index (χ0) is 17.1. The fourth-order valence-electron chi connectivity index (χ4n) is 1.98. The molecule has 2 amide bonds. The maximum atomic E-state index is 11.9. The van der Waals surface area contributed by atoms with Gasteiger partial charge in [0.25, 0.3) is 5.91 Å². The van der Waals surface area contributed by atoms with E-state index >= 15 is 0 Å². The van der Waals surface area contributed by atoms with E-state index in [-0.39, 0.29) is 18.4 Å². The summed E-state index contributed by atoms with van der Waals surface area (Å²) in [7, 11) is 0. The molecule has 1 heterocycles. The lowest BCUT2D eigenvalue weighted by Gasteiger charge is -2.05. The number of hydrogen-bond donors (Lipinski definition) is 2. The SMILES string of the molecule is O=C(CNC(=O)c1ccc(Cl)cc1)Nc1nc2ccc(Cl)cc2s1. The summed E-state index contributed by atoms with van der Waals surface area (Å²) in [5.74, 6) is -0.708. The maximum absolute atomic E-state index is 11.9. The van der Waals surface area contributed by atoms with Crippen LogP contribution in [0.1, 0.15) is 10.4 Å². The molecular weight excluding hydrogens is 369 g/mol. The van der Waals surface area contributed by atoms with E-state index < -0.39 is 0 Å². The van der Waals surface area contributed by atoms with Gasteiger partial charge < -0.3 is 10.6 Å². The summed E-state index contributed by atoms with van der Waals surface area (Å²) in [4.78, 5) is 28.2. The van der Waals surface area contributed by atoms with E-state index in [0.717, 1.165) is 10.2 Å². The number of nitrogens with zero attached hydrogens (tertiary/aromatic N) is 1. The van der Waals surface area contributed by atoms with Crippen molar-refractivity contribution in [1.82, 2.24) is 10.3 Å². The molecule has 0 bridgehead atoms. The topological polar surface area (TPSA) is 71.1 Å². The van der Waals surface area contributed by atoms with Crippen molar-refractivity contribution in [2.45, 2.75) is 0 Å². The van der Waals surface area contributed by atoms with Gasteiger partial charge in [-0.15, -0.1) is 0 Å². The molecule has 0 aliphatic rings. The van der Waals surface area contributed by atoms with Crippen molar-refractivity contribution in [3.8, 4) is 0 Å². The van der Waals surface area contributed by atoms with Crippen LogP contribution in [-0.4, -0.2) is 23.3 Å². The Morgan fingerprint density at radius 2 is 1.75 bits per heavy atom. The van der Waals surface area contributed by atoms with E-state index in [0.29, 0.717) is 20.7 Å². The molecule has 0 atom stereocenters. The number of anilines is 1. The highest BCUT2D eigenvalue weighted by Gasteiger charge is 2.11. The third-order valence-electron chi connectivity index (χ3n) is 3.11. The molecule has 0 saturated carbocycles. The quantitative estimate of drug-likeness (QED) is 0.720. The summed E-state index contributed by atoms with van der Waals surface area (Å²) in [6.07, 6.45) is 0. The summed E-state index contributed by atoms with van der Waals surface area (Å²) in [5.41, 5.74) is 1.19. The van der Waals surface area contributed by atoms with Crippen LogP contribution in [0, 0.1) is 0 Å². The number of hydrogen-bond acceptors (Lipinski definition) is 4. The number of benzene rings is 2. The number of carbonyl (C=O) groups is 2. The Labute approximate surface area is 151 Å². The van der Waals surface area contributed by atoms with Crippen molar-refractivity contribution in [3.63, 3.8) is 0 Å². The lowest BCUT2D eigenvalue weighted by atomic mass is 10.2. The van der Waals surface area contributed by atoms with Crippen LogP contribution in [0.3, 0.4) is 0 Å². The predicted octanol–water partition coefficient (Wildman–Crippen LogP) is 3.97. The molecule has 3 rings (SSSR count). The van der Waals surface area contributed by atoms with Crippen LogP contribution in [-0.2, 0) is 4.79 Å². The number of thiazole rings is 1. The van der Waals surface area contributed by atoms with Crippen LogP contribution < -0.4 is 10.6 Å². The minimum atomic E-state index is -0.359. The predicted molar refractivity (Wildman–Crippen MR) is 97.0 cm³/mol. The molecule has 3 aromatic rings. The van der Waals surface area contributed by atoms with E-state index in [2.05, 4.69) is 15.6 Å². The lowest BCUT2D eigenvalue weighted by Crippen LogP contribution is -2.32. The molecule has 0 radical (unpaired) electrons. The molecule has 5 nitrogen and oxygen atoms in total. The maximum Gasteiger partial charge on any atom is 0.251 e. The Kier molecular flexibility index (Phi) is 4.99. The second-order valence-electron chi connectivity index (χ2n) is 4.87. The molecule has 0 aliphatic heterocycles. The van der Waals surface area contributed by atoms with Crippen molar-refractivity contribution in [2.24, 2.45) is 0 Å². The summed E-state index contributed by atoms with van der Waals surface area (Å²) in [6, 6.07) is 11.7. The van der Waals surface area contributed by atoms with E-state index in [4.69, 9.17) is 23.2 Å². The highest BCUT2D eigenvalue weighted by molar-refractivity contribution is 7.22. The van der Waals surface area contributed by atoms with Crippen molar-refractivity contribution < 1.29 is 9.59 Å². The van der Waals surface area contributed by atoms with Crippen LogP contribution in [0.5, 0.6) is 0 Å². The first-order valence-electron chi connectivity index (χ1n) is 6.91. The smallest absolute Gasteiger partial charge is 0.251 e. The molecule has 122 valence electrons. The van der Waals surface area contributed by atoms with Gasteiger partial charge in [-0.2, -0.15) is 0 Å². The molecule has 0 fully saturated rings. The molecule has 0 unspecified atom stereocenters. The van der Waals surface area contributed by atoms with Crippen molar-refractivity contribution >= 4 is 61.7 Å². The largest absolute Gasteiger partial charge is 0.343 e. The van der Waals surface area contributed by atoms with Gasteiger partial charge in [-0.05, 0) is 42.5 Å². The van der Waals surface area contributed by atoms with Gasteiger partial charge in [0.05, 0.1) is 16.8 Å². The van der Waals surface area contributed by atoms with Crippen molar-refractivity contribution in [3.05, 3.63) is 58.1 Å². The van der Waals surface area contributed by atoms with E-state index in [1.54, 1.807) is 42.5 Å². The van der Waals surface area contributed by atoms with Crippen LogP contribution >= 0.6 is 34.5 Å². The fourth-order valence-corrected chi connectivity index (χ4v) is 3.26. The highest BCUT2D eigenvalue weighted by Crippen LogP contribution is 2.28. The minimum Gasteiger partial charge on any atom is -0.343 e. The van der Waals surface area contributed by atoms with Crippen LogP contribution in [0.4, 0.5) is 5.13 Å². The molecule has 1 aromatic heterocycles. The summed E-state index contributed by atoms with van der Waals surface area (Å²) in [6.45, 7) is -0.155. The number of nitrogens with one attached hydrogen (secondary N) is 2. The third-order valence-corrected chi connectivity index (χ3v) is 4.53. The number of fused-ring (bicyclic) bond motifs is 1. The molecule has 8 heteroatoms. The van der Waals surface area contributed by atoms with E-state index in [1.807, 2.05) is 0 Å². The van der Waals surface area contributed by atoms with Gasteiger partial charge in [0, 0.05) is 15.6 Å². The fraction of sp³-hybridized carbons (Fsp3) is 0.0625. The summed E-state index contributed by atoms with van der Waals surface area (Å²) >= 11 is 13.0. The first kappa shape index (κ1) is 16.7. The van der Waals surface area contributed by atoms with Gasteiger partial charge in [0.2, 0.25) is 5.91 Å². The summed E-state index contributed by atoms with van der Waals surface area (Å²) in [5, 5.41) is 6.81. The second kappa shape index (κ2) is 7.17. The van der Waals surface area contributed by atoms with Gasteiger partial charge in [0.15, 0.2) is 5.13 Å². The molecular formula is C16H11Cl2N3O2S. The number of amides is 2. The minimum absolute atomic E-state index is 0.155. The Morgan fingerprint density at radius 3 is 2.50 bits per heavy atom. The number of halogens is 2. The zero-order valence-corrected chi connectivity index (χ0v) is 14.5. The van der Waals surface area contributed by atoms with Crippen LogP contribution in [0.25, 0.3) is 10.2 Å². The molecule has 2 N–H and O–H groups in total. The average molecular weight is 380 g/mol. The molecule has 24 heavy (non-hydrogen) atoms. The monoisotopic (exact) mass is 379 g/mol. The lowest BCUT2D eigenvalue weighted by molar-refractivity contribution is -0.115. The molecule has 0 spiro atoms. The number of aromatic nitrogens is 1. The zero-order valence-electron chi connectivity index (χ0n) is 12.2. The number of rotatable bonds is 4. The number of carbonyl (C=O) groups excluding carboxylic acids is 2. The normalized spacial score (nSPS) is 10.6. The van der Waals surface area contributed by atoms with Crippen LogP contribution in [0.15, 0.2) is 42.5 Å². The van der Waals surface area contributed by atoms with Gasteiger partial charge in [-0.1, -0.05) is 34.5 Å². The van der Waals surface area contributed by atoms with Crippen LogP contribution in [0.2, 0.25) is 10.0 Å². The van der Waals surface area contributed by atoms with Gasteiger partial charge >= 0.3 is 0 Å². The molecule has 2 aromatic carbocycles. The van der Waals surface area contributed by atoms with E-state index in [9.17, 15) is 9.59 Å². The average Bonchev–Trinajstić information content (AvgIpc) is 2.94. The molecule has 0 aliphatic carbocycles. The van der Waals surface area contributed by atoms with Gasteiger partial charge in [-0.25, -0.2) is 4.98 Å². The Hall–Kier alpha value is -2.15. The van der Waals surface area contributed by atoms with E-state index in [1.165, 1.54) is 11.3 Å². The Morgan fingerprint density at radius 1 is 1.04 bits per heavy atom. The summed E-state index contributed by atoms with van der Waals surface area (Å²) < 4.78 is 0.878. The van der Waals surface area contributed by atoms with Gasteiger partial charge in [-0.3, -0.25) is 9.59 Å². The third kappa shape index (κ3) is 4.03. The first-order chi connectivity index (χ1) is 11.5. The Balaban J connectivity index is 1.58. The van der Waals surface area contributed by atoms with Crippen molar-refractivity contribution in [2.75, 3.05) is 11.9 Å². The molecule has 0 saturated heterocycles. The van der Waals surface area contributed by atoms with Gasteiger partial charge in [0.1, 0.15) is 0 Å². The first-order valence-corrected chi connectivity index (χ1v) is 8.48. The standard InChI is InChI=1S/C16H11Cl2N3O2S/c17-10-3-1-9(2-4-10)15(23)19-8-14(22)21-16-20-12-6-5-11(18)7-13(12)24-16/h1-7H,8H2,(H,19,23)(H,20,21,22). The van der Waals surface area contributed by atoms with Crippen molar-refractivity contribution in [1.29, 1.82) is 0 Å². The second-order valence-corrected chi connectivity index (χ2v) is 6.77. The Bertz CT molecular complexity index is 909. The highest BCUT2D eigenvalue weighted by atomic mass is 35.5.